The van der Waals surface area contributed by atoms with Crippen molar-refractivity contribution in [2.75, 3.05) is 14.2 Å². The summed E-state index contributed by atoms with van der Waals surface area (Å²) in [5, 5.41) is 3.73. The zero-order valence-corrected chi connectivity index (χ0v) is 14.6. The molecule has 0 amide bonds. The van der Waals surface area contributed by atoms with Crippen molar-refractivity contribution in [1.82, 2.24) is 5.32 Å². The molecule has 2 aromatic rings. The summed E-state index contributed by atoms with van der Waals surface area (Å²) in [7, 11) is 3.38. The Kier molecular flexibility index (Phi) is 5.76. The van der Waals surface area contributed by atoms with Crippen LogP contribution < -0.4 is 14.8 Å². The van der Waals surface area contributed by atoms with Crippen LogP contribution in [0.5, 0.6) is 11.5 Å². The highest BCUT2D eigenvalue weighted by molar-refractivity contribution is 5.44. The van der Waals surface area contributed by atoms with Crippen molar-refractivity contribution in [2.24, 2.45) is 0 Å². The van der Waals surface area contributed by atoms with Crippen molar-refractivity contribution < 1.29 is 9.47 Å². The molecular weight excluding hydrogens is 298 g/mol. The molecule has 1 aliphatic rings. The molecule has 0 spiro atoms. The second-order valence-electron chi connectivity index (χ2n) is 6.54. The monoisotopic (exact) mass is 325 g/mol. The van der Waals surface area contributed by atoms with Crippen LogP contribution in [-0.4, -0.2) is 20.3 Å². The number of hydrogen-bond acceptors (Lipinski definition) is 3. The van der Waals surface area contributed by atoms with Crippen LogP contribution in [-0.2, 0) is 6.54 Å². The molecule has 0 aromatic heterocycles. The second-order valence-corrected chi connectivity index (χ2v) is 6.54. The third kappa shape index (κ3) is 4.09. The van der Waals surface area contributed by atoms with Crippen molar-refractivity contribution in [2.45, 2.75) is 44.2 Å². The Labute approximate surface area is 145 Å². The van der Waals surface area contributed by atoms with Crippen LogP contribution in [0.3, 0.4) is 0 Å². The van der Waals surface area contributed by atoms with Crippen LogP contribution in [0.1, 0.15) is 42.7 Å². The predicted octanol–water partition coefficient (Wildman–Crippen LogP) is 4.52. The van der Waals surface area contributed by atoms with Gasteiger partial charge in [0.05, 0.1) is 14.2 Å². The summed E-state index contributed by atoms with van der Waals surface area (Å²) in [6.07, 6.45) is 4.96. The summed E-state index contributed by atoms with van der Waals surface area (Å²) < 4.78 is 10.8. The number of ether oxygens (including phenoxy) is 2. The molecule has 1 fully saturated rings. The Hall–Kier alpha value is -2.00. The van der Waals surface area contributed by atoms with Gasteiger partial charge >= 0.3 is 0 Å². The van der Waals surface area contributed by atoms with Crippen LogP contribution in [0.2, 0.25) is 0 Å². The molecule has 24 heavy (non-hydrogen) atoms. The van der Waals surface area contributed by atoms with Gasteiger partial charge in [0, 0.05) is 12.6 Å². The summed E-state index contributed by atoms with van der Waals surface area (Å²) in [4.78, 5) is 0. The normalized spacial score (nSPS) is 20.6. The van der Waals surface area contributed by atoms with E-state index in [0.717, 1.165) is 18.0 Å². The second kappa shape index (κ2) is 8.20. The topological polar surface area (TPSA) is 30.5 Å². The third-order valence-corrected chi connectivity index (χ3v) is 4.99. The molecule has 3 nitrogen and oxygen atoms in total. The van der Waals surface area contributed by atoms with Gasteiger partial charge in [-0.1, -0.05) is 42.8 Å². The Morgan fingerprint density at radius 2 is 1.75 bits per heavy atom. The highest BCUT2D eigenvalue weighted by Gasteiger charge is 2.23. The average Bonchev–Trinajstić information content (AvgIpc) is 2.67. The first-order valence-electron chi connectivity index (χ1n) is 8.79. The maximum Gasteiger partial charge on any atom is 0.160 e. The van der Waals surface area contributed by atoms with Crippen molar-refractivity contribution in [3.05, 3.63) is 59.7 Å². The molecule has 0 unspecified atom stereocenters. The first kappa shape index (κ1) is 16.8. The number of benzene rings is 2. The van der Waals surface area contributed by atoms with E-state index in [9.17, 15) is 0 Å². The smallest absolute Gasteiger partial charge is 0.160 e. The van der Waals surface area contributed by atoms with Crippen molar-refractivity contribution in [3.8, 4) is 11.5 Å². The van der Waals surface area contributed by atoms with E-state index in [4.69, 9.17) is 9.47 Å². The maximum absolute atomic E-state index is 5.46. The minimum absolute atomic E-state index is 0.581. The molecule has 3 heteroatoms. The molecule has 2 atom stereocenters. The molecule has 0 aliphatic heterocycles. The number of rotatable bonds is 6. The zero-order chi connectivity index (χ0) is 16.8. The molecular formula is C21H27NO2. The van der Waals surface area contributed by atoms with Crippen LogP contribution in [0.25, 0.3) is 0 Å². The third-order valence-electron chi connectivity index (χ3n) is 4.99. The Bertz CT molecular complexity index is 642. The fourth-order valence-electron chi connectivity index (χ4n) is 3.64. The maximum atomic E-state index is 5.46. The lowest BCUT2D eigenvalue weighted by molar-refractivity contribution is 0.334. The molecule has 1 aliphatic carbocycles. The van der Waals surface area contributed by atoms with Crippen molar-refractivity contribution in [1.29, 1.82) is 0 Å². The first-order chi connectivity index (χ1) is 11.8. The molecule has 0 saturated heterocycles. The average molecular weight is 325 g/mol. The molecule has 1 N–H and O–H groups in total. The molecule has 3 rings (SSSR count). The summed E-state index contributed by atoms with van der Waals surface area (Å²) >= 11 is 0. The van der Waals surface area contributed by atoms with Gasteiger partial charge in [-0.25, -0.2) is 0 Å². The van der Waals surface area contributed by atoms with E-state index >= 15 is 0 Å². The van der Waals surface area contributed by atoms with Gasteiger partial charge in [0.2, 0.25) is 0 Å². The lowest BCUT2D eigenvalue weighted by Gasteiger charge is -2.30. The van der Waals surface area contributed by atoms with E-state index in [-0.39, 0.29) is 0 Å². The van der Waals surface area contributed by atoms with E-state index in [1.54, 1.807) is 14.2 Å². The summed E-state index contributed by atoms with van der Waals surface area (Å²) in [6, 6.07) is 17.6. The largest absolute Gasteiger partial charge is 0.493 e. The van der Waals surface area contributed by atoms with Gasteiger partial charge in [0.15, 0.2) is 11.5 Å². The summed E-state index contributed by atoms with van der Waals surface area (Å²) in [5.74, 6) is 2.22. The molecule has 0 bridgehead atoms. The first-order valence-corrected chi connectivity index (χ1v) is 8.79. The quantitative estimate of drug-likeness (QED) is 0.847. The van der Waals surface area contributed by atoms with E-state index in [2.05, 4.69) is 47.8 Å². The highest BCUT2D eigenvalue weighted by atomic mass is 16.5. The van der Waals surface area contributed by atoms with Crippen LogP contribution >= 0.6 is 0 Å². The van der Waals surface area contributed by atoms with Gasteiger partial charge in [0.1, 0.15) is 0 Å². The number of methoxy groups -OCH3 is 2. The molecule has 0 heterocycles. The fraction of sp³-hybridized carbons (Fsp3) is 0.429. The molecule has 128 valence electrons. The standard InChI is InChI=1S/C21H27NO2/c1-23-20-12-11-18(14-21(20)24-2)17-9-6-10-19(13-17)22-15-16-7-4-3-5-8-16/h3-5,7-8,11-12,14,17,19,22H,6,9-10,13,15H2,1-2H3/t17-,19+/m1/s1. The Morgan fingerprint density at radius 1 is 0.958 bits per heavy atom. The fourth-order valence-corrected chi connectivity index (χ4v) is 3.64. The molecule has 0 radical (unpaired) electrons. The van der Waals surface area contributed by atoms with Crippen molar-refractivity contribution in [3.63, 3.8) is 0 Å². The van der Waals surface area contributed by atoms with Crippen LogP contribution in [0.4, 0.5) is 0 Å². The van der Waals surface area contributed by atoms with Crippen LogP contribution in [0, 0.1) is 0 Å². The minimum atomic E-state index is 0.581. The van der Waals surface area contributed by atoms with Gasteiger partial charge in [-0.2, -0.15) is 0 Å². The van der Waals surface area contributed by atoms with Crippen LogP contribution in [0.15, 0.2) is 48.5 Å². The van der Waals surface area contributed by atoms with Gasteiger partial charge < -0.3 is 14.8 Å². The van der Waals surface area contributed by atoms with Gasteiger partial charge in [-0.3, -0.25) is 0 Å². The SMILES string of the molecule is COc1ccc([C@@H]2CCC[C@H](NCc3ccccc3)C2)cc1OC. The lowest BCUT2D eigenvalue weighted by Crippen LogP contribution is -2.33. The lowest BCUT2D eigenvalue weighted by atomic mass is 9.81. The van der Waals surface area contributed by atoms with Gasteiger partial charge in [-0.15, -0.1) is 0 Å². The molecule has 2 aromatic carbocycles. The van der Waals surface area contributed by atoms with E-state index in [0.29, 0.717) is 12.0 Å². The van der Waals surface area contributed by atoms with E-state index in [1.807, 2.05) is 6.07 Å². The van der Waals surface area contributed by atoms with Crippen molar-refractivity contribution >= 4 is 0 Å². The summed E-state index contributed by atoms with van der Waals surface area (Å²) in [5.41, 5.74) is 2.71. The van der Waals surface area contributed by atoms with E-state index < -0.39 is 0 Å². The van der Waals surface area contributed by atoms with Gasteiger partial charge in [0.25, 0.3) is 0 Å². The highest BCUT2D eigenvalue weighted by Crippen LogP contribution is 2.37. The Balaban J connectivity index is 1.63. The van der Waals surface area contributed by atoms with E-state index in [1.165, 1.54) is 36.8 Å². The minimum Gasteiger partial charge on any atom is -0.493 e. The number of hydrogen-bond donors (Lipinski definition) is 1. The Morgan fingerprint density at radius 3 is 2.50 bits per heavy atom. The predicted molar refractivity (Wildman–Crippen MR) is 97.8 cm³/mol. The zero-order valence-electron chi connectivity index (χ0n) is 14.6. The number of nitrogens with one attached hydrogen (secondary N) is 1. The molecule has 1 saturated carbocycles. The summed E-state index contributed by atoms with van der Waals surface area (Å²) in [6.45, 7) is 0.949. The van der Waals surface area contributed by atoms with Gasteiger partial charge in [-0.05, 0) is 48.4 Å².